The number of rotatable bonds is 3. The molecule has 0 amide bonds. The van der Waals surface area contributed by atoms with Crippen molar-refractivity contribution >= 4 is 11.5 Å². The van der Waals surface area contributed by atoms with Crippen LogP contribution in [-0.2, 0) is 0 Å². The molecule has 1 aliphatic rings. The number of anilines is 2. The Morgan fingerprint density at radius 1 is 1.57 bits per heavy atom. The van der Waals surface area contributed by atoms with Crippen molar-refractivity contribution in [3.8, 4) is 0 Å². The van der Waals surface area contributed by atoms with Crippen LogP contribution in [0.25, 0.3) is 0 Å². The summed E-state index contributed by atoms with van der Waals surface area (Å²) < 4.78 is 0. The van der Waals surface area contributed by atoms with Gasteiger partial charge in [-0.25, -0.2) is 4.98 Å². The summed E-state index contributed by atoms with van der Waals surface area (Å²) in [5.74, 6) is 1.87. The van der Waals surface area contributed by atoms with Crippen molar-refractivity contribution in [2.45, 2.75) is 19.8 Å². The molecule has 1 fully saturated rings. The highest BCUT2D eigenvalue weighted by Crippen LogP contribution is 2.30. The average molecular weight is 191 g/mol. The van der Waals surface area contributed by atoms with Gasteiger partial charge in [0.15, 0.2) is 0 Å². The van der Waals surface area contributed by atoms with E-state index in [0.717, 1.165) is 29.5 Å². The van der Waals surface area contributed by atoms with Gasteiger partial charge in [0.05, 0.1) is 0 Å². The van der Waals surface area contributed by atoms with Gasteiger partial charge in [-0.05, 0) is 31.2 Å². The van der Waals surface area contributed by atoms with E-state index < -0.39 is 0 Å². The number of nitrogens with two attached hydrogens (primary N) is 1. The Morgan fingerprint density at radius 3 is 2.86 bits per heavy atom. The Labute approximate surface area is 84.9 Å². The Kier molecular flexibility index (Phi) is 2.32. The van der Waals surface area contributed by atoms with Crippen LogP contribution in [0.5, 0.6) is 0 Å². The van der Waals surface area contributed by atoms with E-state index in [1.165, 1.54) is 12.8 Å². The normalized spacial score (nSPS) is 15.6. The first kappa shape index (κ1) is 9.31. The summed E-state index contributed by atoms with van der Waals surface area (Å²) in [6.07, 6.45) is 4.57. The number of nitrogen functional groups attached to an aromatic ring is 1. The first-order chi connectivity index (χ1) is 6.66. The fourth-order valence-corrected chi connectivity index (χ4v) is 1.52. The SMILES string of the molecule is Cc1cnc(N(C)CC2CC2)cc1N. The van der Waals surface area contributed by atoms with Gasteiger partial charge in [0.2, 0.25) is 0 Å². The van der Waals surface area contributed by atoms with E-state index in [-0.39, 0.29) is 0 Å². The molecule has 76 valence electrons. The van der Waals surface area contributed by atoms with Gasteiger partial charge < -0.3 is 10.6 Å². The highest BCUT2D eigenvalue weighted by Gasteiger charge is 2.23. The molecular weight excluding hydrogens is 174 g/mol. The van der Waals surface area contributed by atoms with Crippen LogP contribution in [0, 0.1) is 12.8 Å². The largest absolute Gasteiger partial charge is 0.398 e. The van der Waals surface area contributed by atoms with Crippen molar-refractivity contribution in [1.82, 2.24) is 4.98 Å². The minimum atomic E-state index is 0.831. The summed E-state index contributed by atoms with van der Waals surface area (Å²) in [6.45, 7) is 3.09. The van der Waals surface area contributed by atoms with E-state index in [1.54, 1.807) is 0 Å². The fraction of sp³-hybridized carbons (Fsp3) is 0.545. The number of aromatic nitrogens is 1. The van der Waals surface area contributed by atoms with Crippen molar-refractivity contribution in [3.63, 3.8) is 0 Å². The molecule has 14 heavy (non-hydrogen) atoms. The average Bonchev–Trinajstić information content (AvgIpc) is 2.93. The zero-order valence-corrected chi connectivity index (χ0v) is 8.83. The molecular formula is C11H17N3. The van der Waals surface area contributed by atoms with E-state index in [9.17, 15) is 0 Å². The zero-order valence-electron chi connectivity index (χ0n) is 8.83. The van der Waals surface area contributed by atoms with Gasteiger partial charge in [0.25, 0.3) is 0 Å². The van der Waals surface area contributed by atoms with Crippen molar-refractivity contribution in [2.24, 2.45) is 5.92 Å². The van der Waals surface area contributed by atoms with Gasteiger partial charge in [0.1, 0.15) is 5.82 Å². The summed E-state index contributed by atoms with van der Waals surface area (Å²) in [5, 5.41) is 0. The van der Waals surface area contributed by atoms with Gasteiger partial charge in [-0.2, -0.15) is 0 Å². The van der Waals surface area contributed by atoms with Gasteiger partial charge in [-0.15, -0.1) is 0 Å². The Hall–Kier alpha value is -1.25. The molecule has 0 aromatic carbocycles. The number of nitrogens with zero attached hydrogens (tertiary/aromatic N) is 2. The molecule has 0 aliphatic heterocycles. The second-order valence-electron chi connectivity index (χ2n) is 4.22. The fourth-order valence-electron chi connectivity index (χ4n) is 1.52. The van der Waals surface area contributed by atoms with Crippen molar-refractivity contribution < 1.29 is 0 Å². The molecule has 0 atom stereocenters. The van der Waals surface area contributed by atoms with Gasteiger partial charge in [0, 0.05) is 31.5 Å². The maximum atomic E-state index is 5.84. The number of hydrogen-bond donors (Lipinski definition) is 1. The van der Waals surface area contributed by atoms with Crippen molar-refractivity contribution in [3.05, 3.63) is 17.8 Å². The molecule has 2 N–H and O–H groups in total. The lowest BCUT2D eigenvalue weighted by molar-refractivity contribution is 0.777. The van der Waals surface area contributed by atoms with Crippen LogP contribution in [0.4, 0.5) is 11.5 Å². The van der Waals surface area contributed by atoms with Crippen molar-refractivity contribution in [1.29, 1.82) is 0 Å². The maximum absolute atomic E-state index is 5.84. The smallest absolute Gasteiger partial charge is 0.130 e. The molecule has 2 rings (SSSR count). The van der Waals surface area contributed by atoms with E-state index in [4.69, 9.17) is 5.73 Å². The Bertz CT molecular complexity index is 331. The maximum Gasteiger partial charge on any atom is 0.130 e. The molecule has 0 saturated heterocycles. The molecule has 1 saturated carbocycles. The first-order valence-corrected chi connectivity index (χ1v) is 5.10. The van der Waals surface area contributed by atoms with Gasteiger partial charge >= 0.3 is 0 Å². The van der Waals surface area contributed by atoms with Crippen LogP contribution in [0.1, 0.15) is 18.4 Å². The second-order valence-corrected chi connectivity index (χ2v) is 4.22. The van der Waals surface area contributed by atoms with Crippen LogP contribution >= 0.6 is 0 Å². The molecule has 1 aromatic heterocycles. The van der Waals surface area contributed by atoms with E-state index in [0.29, 0.717) is 0 Å². The third-order valence-electron chi connectivity index (χ3n) is 2.75. The minimum absolute atomic E-state index is 0.831. The van der Waals surface area contributed by atoms with Gasteiger partial charge in [-0.1, -0.05) is 0 Å². The van der Waals surface area contributed by atoms with Crippen LogP contribution < -0.4 is 10.6 Å². The predicted octanol–water partition coefficient (Wildman–Crippen LogP) is 1.82. The quantitative estimate of drug-likeness (QED) is 0.792. The van der Waals surface area contributed by atoms with E-state index >= 15 is 0 Å². The summed E-state index contributed by atoms with van der Waals surface area (Å²) in [5.41, 5.74) is 7.72. The molecule has 1 aliphatic carbocycles. The topological polar surface area (TPSA) is 42.2 Å². The molecule has 0 unspecified atom stereocenters. The lowest BCUT2D eigenvalue weighted by Crippen LogP contribution is -2.21. The third-order valence-corrected chi connectivity index (χ3v) is 2.75. The van der Waals surface area contributed by atoms with Crippen molar-refractivity contribution in [2.75, 3.05) is 24.2 Å². The number of hydrogen-bond acceptors (Lipinski definition) is 3. The van der Waals surface area contributed by atoms with Gasteiger partial charge in [-0.3, -0.25) is 0 Å². The Balaban J connectivity index is 2.10. The molecule has 0 bridgehead atoms. The summed E-state index contributed by atoms with van der Waals surface area (Å²) in [7, 11) is 2.08. The summed E-state index contributed by atoms with van der Waals surface area (Å²) >= 11 is 0. The van der Waals surface area contributed by atoms with Crippen LogP contribution in [0.2, 0.25) is 0 Å². The van der Waals surface area contributed by atoms with E-state index in [2.05, 4.69) is 16.9 Å². The standard InChI is InChI=1S/C11H17N3/c1-8-6-13-11(5-10(8)12)14(2)7-9-3-4-9/h5-6,9H,3-4,7H2,1-2H3,(H2,12,13). The summed E-state index contributed by atoms with van der Waals surface area (Å²) in [6, 6.07) is 1.96. The Morgan fingerprint density at radius 2 is 2.29 bits per heavy atom. The van der Waals surface area contributed by atoms with Crippen LogP contribution in [-0.4, -0.2) is 18.6 Å². The second kappa shape index (κ2) is 3.48. The lowest BCUT2D eigenvalue weighted by atomic mass is 10.2. The van der Waals surface area contributed by atoms with E-state index in [1.807, 2.05) is 19.2 Å². The van der Waals surface area contributed by atoms with Crippen LogP contribution in [0.15, 0.2) is 12.3 Å². The third kappa shape index (κ3) is 1.97. The zero-order chi connectivity index (χ0) is 10.1. The molecule has 1 heterocycles. The molecule has 1 aromatic rings. The molecule has 0 radical (unpaired) electrons. The molecule has 3 heteroatoms. The first-order valence-electron chi connectivity index (χ1n) is 5.10. The summed E-state index contributed by atoms with van der Waals surface area (Å²) in [4.78, 5) is 6.55. The number of pyridine rings is 1. The monoisotopic (exact) mass is 191 g/mol. The highest BCUT2D eigenvalue weighted by molar-refractivity contribution is 5.54. The minimum Gasteiger partial charge on any atom is -0.398 e. The molecule has 0 spiro atoms. The lowest BCUT2D eigenvalue weighted by Gasteiger charge is -2.18. The molecule has 3 nitrogen and oxygen atoms in total. The predicted molar refractivity (Wildman–Crippen MR) is 59.4 cm³/mol. The number of aryl methyl sites for hydroxylation is 1. The van der Waals surface area contributed by atoms with Crippen LogP contribution in [0.3, 0.4) is 0 Å². The highest BCUT2D eigenvalue weighted by atomic mass is 15.2.